The maximum Gasteiger partial charge on any atom is 0.164 e. The summed E-state index contributed by atoms with van der Waals surface area (Å²) in [6, 6.07) is 4.66. The minimum atomic E-state index is -0.346. The second-order valence-corrected chi connectivity index (χ2v) is 5.47. The number of aromatic nitrogens is 3. The Kier molecular flexibility index (Phi) is 4.52. The molecule has 0 bridgehead atoms. The van der Waals surface area contributed by atoms with Gasteiger partial charge in [-0.25, -0.2) is 14.1 Å². The molecule has 0 aliphatic heterocycles. The minimum Gasteiger partial charge on any atom is -0.486 e. The van der Waals surface area contributed by atoms with E-state index < -0.39 is 0 Å². The summed E-state index contributed by atoms with van der Waals surface area (Å²) in [5, 5.41) is 4.14. The lowest BCUT2D eigenvalue weighted by Gasteiger charge is -2.10. The van der Waals surface area contributed by atoms with Crippen molar-refractivity contribution < 1.29 is 9.13 Å². The minimum absolute atomic E-state index is 0.272. The fraction of sp³-hybridized carbons (Fsp3) is 0.385. The molecule has 6 heteroatoms. The van der Waals surface area contributed by atoms with Gasteiger partial charge < -0.3 is 4.74 Å². The van der Waals surface area contributed by atoms with Crippen LogP contribution >= 0.6 is 15.9 Å². The van der Waals surface area contributed by atoms with Crippen LogP contribution in [0.1, 0.15) is 19.7 Å². The Morgan fingerprint density at radius 2 is 2.21 bits per heavy atom. The third-order valence-corrected chi connectivity index (χ3v) is 3.14. The van der Waals surface area contributed by atoms with E-state index in [9.17, 15) is 4.39 Å². The molecular formula is C13H15BrFN3O. The fourth-order valence-corrected chi connectivity index (χ4v) is 1.86. The van der Waals surface area contributed by atoms with E-state index in [1.54, 1.807) is 16.8 Å². The van der Waals surface area contributed by atoms with Crippen LogP contribution in [0.2, 0.25) is 0 Å². The van der Waals surface area contributed by atoms with Gasteiger partial charge in [0.25, 0.3) is 0 Å². The lowest BCUT2D eigenvalue weighted by Crippen LogP contribution is -2.12. The van der Waals surface area contributed by atoms with Crippen LogP contribution in [0.15, 0.2) is 29.0 Å². The summed E-state index contributed by atoms with van der Waals surface area (Å²) in [5.41, 5.74) is 0. The van der Waals surface area contributed by atoms with Crippen LogP contribution in [-0.4, -0.2) is 14.8 Å². The molecule has 0 aliphatic rings. The highest BCUT2D eigenvalue weighted by atomic mass is 79.9. The molecule has 0 atom stereocenters. The van der Waals surface area contributed by atoms with E-state index in [0.29, 0.717) is 16.1 Å². The average Bonchev–Trinajstić information content (AvgIpc) is 2.77. The third kappa shape index (κ3) is 3.76. The first-order chi connectivity index (χ1) is 9.06. The van der Waals surface area contributed by atoms with Crippen LogP contribution in [-0.2, 0) is 13.2 Å². The summed E-state index contributed by atoms with van der Waals surface area (Å²) in [5.74, 6) is 1.34. The second-order valence-electron chi connectivity index (χ2n) is 4.62. The van der Waals surface area contributed by atoms with Gasteiger partial charge in [0.2, 0.25) is 0 Å². The van der Waals surface area contributed by atoms with Gasteiger partial charge in [0.15, 0.2) is 5.82 Å². The summed E-state index contributed by atoms with van der Waals surface area (Å²) >= 11 is 3.10. The Balaban J connectivity index is 2.02. The first-order valence-electron chi connectivity index (χ1n) is 6.01. The zero-order valence-corrected chi connectivity index (χ0v) is 12.4. The molecule has 0 unspecified atom stereocenters. The van der Waals surface area contributed by atoms with Gasteiger partial charge >= 0.3 is 0 Å². The Morgan fingerprint density at radius 3 is 2.89 bits per heavy atom. The second kappa shape index (κ2) is 6.14. The molecule has 4 nitrogen and oxygen atoms in total. The molecule has 0 aliphatic carbocycles. The Hall–Kier alpha value is -1.43. The van der Waals surface area contributed by atoms with Gasteiger partial charge in [0, 0.05) is 12.6 Å². The van der Waals surface area contributed by atoms with Gasteiger partial charge in [-0.3, -0.25) is 0 Å². The van der Waals surface area contributed by atoms with Crippen molar-refractivity contribution in [2.24, 2.45) is 5.92 Å². The van der Waals surface area contributed by atoms with Crippen LogP contribution in [0, 0.1) is 11.7 Å². The van der Waals surface area contributed by atoms with E-state index in [2.05, 4.69) is 39.9 Å². The average molecular weight is 328 g/mol. The molecule has 2 aromatic rings. The van der Waals surface area contributed by atoms with Gasteiger partial charge in [-0.05, 0) is 34.0 Å². The molecule has 1 aromatic carbocycles. The van der Waals surface area contributed by atoms with Crippen LogP contribution in [0.5, 0.6) is 5.75 Å². The van der Waals surface area contributed by atoms with Crippen molar-refractivity contribution in [1.82, 2.24) is 14.8 Å². The number of nitrogens with zero attached hydrogens (tertiary/aromatic N) is 3. The van der Waals surface area contributed by atoms with Crippen LogP contribution in [0.3, 0.4) is 0 Å². The molecule has 0 saturated carbocycles. The number of hydrogen-bond acceptors (Lipinski definition) is 3. The molecule has 19 heavy (non-hydrogen) atoms. The number of ether oxygens (including phenoxy) is 1. The monoisotopic (exact) mass is 327 g/mol. The summed E-state index contributed by atoms with van der Waals surface area (Å²) in [6.45, 7) is 5.27. The number of halogens is 2. The van der Waals surface area contributed by atoms with Crippen molar-refractivity contribution in [1.29, 1.82) is 0 Å². The normalized spacial score (nSPS) is 11.0. The van der Waals surface area contributed by atoms with E-state index in [-0.39, 0.29) is 12.4 Å². The Bertz CT molecular complexity index is 557. The van der Waals surface area contributed by atoms with Crippen molar-refractivity contribution in [2.75, 3.05) is 0 Å². The van der Waals surface area contributed by atoms with Crippen molar-refractivity contribution in [3.8, 4) is 5.75 Å². The zero-order valence-electron chi connectivity index (χ0n) is 10.8. The van der Waals surface area contributed by atoms with E-state index in [1.807, 2.05) is 0 Å². The molecular weight excluding hydrogens is 313 g/mol. The summed E-state index contributed by atoms with van der Waals surface area (Å²) in [4.78, 5) is 4.15. The number of hydrogen-bond donors (Lipinski definition) is 0. The fourth-order valence-electron chi connectivity index (χ4n) is 1.61. The van der Waals surface area contributed by atoms with E-state index >= 15 is 0 Å². The number of rotatable bonds is 5. The SMILES string of the molecule is CC(C)Cn1ncnc1COc1ccc(Br)c(F)c1. The van der Waals surface area contributed by atoms with E-state index in [1.165, 1.54) is 12.4 Å². The predicted octanol–water partition coefficient (Wildman–Crippen LogP) is 3.41. The van der Waals surface area contributed by atoms with Crippen LogP contribution in [0.25, 0.3) is 0 Å². The molecule has 0 spiro atoms. The van der Waals surface area contributed by atoms with Gasteiger partial charge in [0.05, 0.1) is 4.47 Å². The molecule has 0 fully saturated rings. The van der Waals surface area contributed by atoms with E-state index in [4.69, 9.17) is 4.74 Å². The largest absolute Gasteiger partial charge is 0.486 e. The van der Waals surface area contributed by atoms with Gasteiger partial charge in [-0.1, -0.05) is 13.8 Å². The molecule has 1 heterocycles. The van der Waals surface area contributed by atoms with Crippen molar-refractivity contribution in [3.05, 3.63) is 40.6 Å². The molecule has 102 valence electrons. The smallest absolute Gasteiger partial charge is 0.164 e. The standard InChI is InChI=1S/C13H15BrFN3O/c1-9(2)6-18-13(16-8-17-18)7-19-10-3-4-11(14)12(15)5-10/h3-5,8-9H,6-7H2,1-2H3. The summed E-state index contributed by atoms with van der Waals surface area (Å²) in [6.07, 6.45) is 1.50. The molecule has 0 amide bonds. The predicted molar refractivity (Wildman–Crippen MR) is 73.3 cm³/mol. The third-order valence-electron chi connectivity index (χ3n) is 2.49. The topological polar surface area (TPSA) is 39.9 Å². The lowest BCUT2D eigenvalue weighted by molar-refractivity contribution is 0.281. The Labute approximate surface area is 119 Å². The van der Waals surface area contributed by atoms with Crippen LogP contribution < -0.4 is 4.74 Å². The van der Waals surface area contributed by atoms with Crippen LogP contribution in [0.4, 0.5) is 4.39 Å². The highest BCUT2D eigenvalue weighted by Gasteiger charge is 2.08. The van der Waals surface area contributed by atoms with Crippen molar-refractivity contribution >= 4 is 15.9 Å². The molecule has 2 rings (SSSR count). The molecule has 0 N–H and O–H groups in total. The van der Waals surface area contributed by atoms with Gasteiger partial charge in [-0.15, -0.1) is 0 Å². The highest BCUT2D eigenvalue weighted by molar-refractivity contribution is 9.10. The maximum atomic E-state index is 13.3. The first kappa shape index (κ1) is 14.0. The molecule has 0 saturated heterocycles. The van der Waals surface area contributed by atoms with Gasteiger partial charge in [-0.2, -0.15) is 5.10 Å². The Morgan fingerprint density at radius 1 is 1.42 bits per heavy atom. The van der Waals surface area contributed by atoms with E-state index in [0.717, 1.165) is 12.4 Å². The maximum absolute atomic E-state index is 13.3. The van der Waals surface area contributed by atoms with Gasteiger partial charge in [0.1, 0.15) is 24.5 Å². The quantitative estimate of drug-likeness (QED) is 0.844. The zero-order chi connectivity index (χ0) is 13.8. The highest BCUT2D eigenvalue weighted by Crippen LogP contribution is 2.21. The van der Waals surface area contributed by atoms with Crippen molar-refractivity contribution in [3.63, 3.8) is 0 Å². The van der Waals surface area contributed by atoms with Crippen molar-refractivity contribution in [2.45, 2.75) is 27.0 Å². The summed E-state index contributed by atoms with van der Waals surface area (Å²) in [7, 11) is 0. The lowest BCUT2D eigenvalue weighted by atomic mass is 10.2. The summed E-state index contributed by atoms with van der Waals surface area (Å²) < 4.78 is 21.1. The number of benzene rings is 1. The first-order valence-corrected chi connectivity index (χ1v) is 6.80. The molecule has 1 aromatic heterocycles. The molecule has 0 radical (unpaired) electrons.